The molecule has 1 atom stereocenters. The second-order valence-corrected chi connectivity index (χ2v) is 4.16. The molecule has 0 fully saturated rings. The Kier molecular flexibility index (Phi) is 3.29. The number of benzene rings is 1. The Morgan fingerprint density at radius 3 is 2.53 bits per heavy atom. The molecule has 1 aromatic heterocycles. The molecule has 2 nitrogen and oxygen atoms in total. The number of furan rings is 1. The van der Waals surface area contributed by atoms with Crippen molar-refractivity contribution < 1.29 is 8.81 Å². The Labute approximate surface area is 100 Å². The molecule has 1 unspecified atom stereocenters. The maximum Gasteiger partial charge on any atom is 0.126 e. The number of halogens is 1. The summed E-state index contributed by atoms with van der Waals surface area (Å²) in [6, 6.07) is 7.14. The lowest BCUT2D eigenvalue weighted by molar-refractivity contribution is 0.523. The van der Waals surface area contributed by atoms with Gasteiger partial charge in [-0.3, -0.25) is 0 Å². The van der Waals surface area contributed by atoms with E-state index in [2.05, 4.69) is 5.32 Å². The van der Waals surface area contributed by atoms with E-state index in [1.54, 1.807) is 19.3 Å². The zero-order chi connectivity index (χ0) is 12.4. The number of nitrogens with one attached hydrogen (secondary N) is 1. The summed E-state index contributed by atoms with van der Waals surface area (Å²) < 4.78 is 18.6. The van der Waals surface area contributed by atoms with Crippen molar-refractivity contribution in [2.75, 3.05) is 7.05 Å². The summed E-state index contributed by atoms with van der Waals surface area (Å²) in [5.74, 6) is 0.707. The molecule has 0 bridgehead atoms. The molecule has 0 radical (unpaired) electrons. The highest BCUT2D eigenvalue weighted by Crippen LogP contribution is 2.26. The van der Waals surface area contributed by atoms with E-state index < -0.39 is 0 Å². The van der Waals surface area contributed by atoms with Crippen molar-refractivity contribution in [2.24, 2.45) is 0 Å². The van der Waals surface area contributed by atoms with E-state index in [1.165, 1.54) is 6.07 Å². The van der Waals surface area contributed by atoms with Crippen LogP contribution in [0.25, 0.3) is 0 Å². The molecule has 0 saturated carbocycles. The van der Waals surface area contributed by atoms with Gasteiger partial charge in [0.2, 0.25) is 0 Å². The molecule has 90 valence electrons. The predicted molar refractivity (Wildman–Crippen MR) is 65.5 cm³/mol. The Hall–Kier alpha value is -1.61. The van der Waals surface area contributed by atoms with Gasteiger partial charge in [-0.2, -0.15) is 0 Å². The standard InChI is InChI=1S/C14H16FNO/c1-9-8-11(4-5-13(9)15)14(16-3)12-6-7-17-10(12)2/h4-8,14,16H,1-3H3. The van der Waals surface area contributed by atoms with Gasteiger partial charge in [0, 0.05) is 5.56 Å². The molecule has 0 aliphatic carbocycles. The fraction of sp³-hybridized carbons (Fsp3) is 0.286. The normalized spacial score (nSPS) is 12.7. The molecule has 2 rings (SSSR count). The van der Waals surface area contributed by atoms with E-state index in [-0.39, 0.29) is 11.9 Å². The molecule has 0 aliphatic heterocycles. The summed E-state index contributed by atoms with van der Waals surface area (Å²) in [6.45, 7) is 3.70. The van der Waals surface area contributed by atoms with E-state index >= 15 is 0 Å². The molecule has 1 N–H and O–H groups in total. The summed E-state index contributed by atoms with van der Waals surface area (Å²) >= 11 is 0. The first-order valence-electron chi connectivity index (χ1n) is 5.60. The number of hydrogen-bond donors (Lipinski definition) is 1. The van der Waals surface area contributed by atoms with Crippen molar-refractivity contribution in [2.45, 2.75) is 19.9 Å². The van der Waals surface area contributed by atoms with Gasteiger partial charge >= 0.3 is 0 Å². The monoisotopic (exact) mass is 233 g/mol. The van der Waals surface area contributed by atoms with E-state index in [4.69, 9.17) is 4.42 Å². The zero-order valence-electron chi connectivity index (χ0n) is 10.3. The minimum Gasteiger partial charge on any atom is -0.469 e. The fourth-order valence-corrected chi connectivity index (χ4v) is 2.04. The van der Waals surface area contributed by atoms with E-state index in [9.17, 15) is 4.39 Å². The highest BCUT2D eigenvalue weighted by Gasteiger charge is 2.16. The second-order valence-electron chi connectivity index (χ2n) is 4.16. The van der Waals surface area contributed by atoms with Crippen LogP contribution in [0.3, 0.4) is 0 Å². The molecule has 1 heterocycles. The van der Waals surface area contributed by atoms with E-state index in [0.717, 1.165) is 16.9 Å². The minimum atomic E-state index is -0.174. The number of rotatable bonds is 3. The first-order valence-corrected chi connectivity index (χ1v) is 5.60. The van der Waals surface area contributed by atoms with Gasteiger partial charge < -0.3 is 9.73 Å². The van der Waals surface area contributed by atoms with Gasteiger partial charge in [0.05, 0.1) is 12.3 Å². The molecule has 0 aliphatic rings. The van der Waals surface area contributed by atoms with Crippen LogP contribution in [-0.2, 0) is 0 Å². The second kappa shape index (κ2) is 4.72. The average Bonchev–Trinajstić information content (AvgIpc) is 2.71. The van der Waals surface area contributed by atoms with Crippen LogP contribution in [0.2, 0.25) is 0 Å². The van der Waals surface area contributed by atoms with Crippen LogP contribution in [0.15, 0.2) is 34.9 Å². The molecule has 0 spiro atoms. The Morgan fingerprint density at radius 1 is 1.24 bits per heavy atom. The molecule has 1 aromatic carbocycles. The topological polar surface area (TPSA) is 25.2 Å². The van der Waals surface area contributed by atoms with Gasteiger partial charge in [-0.05, 0) is 44.2 Å². The highest BCUT2D eigenvalue weighted by molar-refractivity contribution is 5.35. The molecule has 17 heavy (non-hydrogen) atoms. The summed E-state index contributed by atoms with van der Waals surface area (Å²) in [5, 5.41) is 3.23. The van der Waals surface area contributed by atoms with Gasteiger partial charge in [0.25, 0.3) is 0 Å². The first-order chi connectivity index (χ1) is 8.13. The van der Waals surface area contributed by atoms with Crippen LogP contribution in [0.4, 0.5) is 4.39 Å². The molecular formula is C14H16FNO. The van der Waals surface area contributed by atoms with Gasteiger partial charge in [-0.15, -0.1) is 0 Å². The summed E-state index contributed by atoms with van der Waals surface area (Å²) in [6.07, 6.45) is 1.67. The summed E-state index contributed by atoms with van der Waals surface area (Å²) in [4.78, 5) is 0. The molecule has 2 aromatic rings. The first kappa shape index (κ1) is 11.9. The van der Waals surface area contributed by atoms with Gasteiger partial charge in [-0.1, -0.05) is 12.1 Å². The van der Waals surface area contributed by atoms with Crippen molar-refractivity contribution >= 4 is 0 Å². The maximum absolute atomic E-state index is 13.2. The highest BCUT2D eigenvalue weighted by atomic mass is 19.1. The lowest BCUT2D eigenvalue weighted by atomic mass is 9.98. The van der Waals surface area contributed by atoms with E-state index in [0.29, 0.717) is 5.56 Å². The van der Waals surface area contributed by atoms with Crippen LogP contribution in [-0.4, -0.2) is 7.05 Å². The lowest BCUT2D eigenvalue weighted by Gasteiger charge is -2.16. The van der Waals surface area contributed by atoms with Crippen molar-refractivity contribution in [1.82, 2.24) is 5.32 Å². The summed E-state index contributed by atoms with van der Waals surface area (Å²) in [7, 11) is 1.88. The minimum absolute atomic E-state index is 0.0352. The summed E-state index contributed by atoms with van der Waals surface area (Å²) in [5.41, 5.74) is 2.78. The molecule has 0 amide bonds. The Morgan fingerprint density at radius 2 is 2.00 bits per heavy atom. The average molecular weight is 233 g/mol. The van der Waals surface area contributed by atoms with Crippen molar-refractivity contribution in [3.05, 3.63) is 58.8 Å². The molecular weight excluding hydrogens is 217 g/mol. The zero-order valence-corrected chi connectivity index (χ0v) is 10.3. The smallest absolute Gasteiger partial charge is 0.126 e. The van der Waals surface area contributed by atoms with Gasteiger partial charge in [-0.25, -0.2) is 4.39 Å². The van der Waals surface area contributed by atoms with Crippen molar-refractivity contribution in [3.8, 4) is 0 Å². The van der Waals surface area contributed by atoms with Crippen LogP contribution in [0, 0.1) is 19.7 Å². The molecule has 3 heteroatoms. The van der Waals surface area contributed by atoms with Crippen LogP contribution in [0.1, 0.15) is 28.5 Å². The van der Waals surface area contributed by atoms with E-state index in [1.807, 2.05) is 26.1 Å². The van der Waals surface area contributed by atoms with Crippen LogP contribution >= 0.6 is 0 Å². The van der Waals surface area contributed by atoms with Crippen molar-refractivity contribution in [3.63, 3.8) is 0 Å². The molecule has 0 saturated heterocycles. The predicted octanol–water partition coefficient (Wildman–Crippen LogP) is 3.34. The van der Waals surface area contributed by atoms with Crippen molar-refractivity contribution in [1.29, 1.82) is 0 Å². The third kappa shape index (κ3) is 2.24. The Balaban J connectivity index is 2.42. The third-order valence-corrected chi connectivity index (χ3v) is 3.01. The largest absolute Gasteiger partial charge is 0.469 e. The van der Waals surface area contributed by atoms with Gasteiger partial charge in [0.1, 0.15) is 11.6 Å². The third-order valence-electron chi connectivity index (χ3n) is 3.01. The quantitative estimate of drug-likeness (QED) is 0.879. The SMILES string of the molecule is CNC(c1ccc(F)c(C)c1)c1ccoc1C. The number of aryl methyl sites for hydroxylation is 2. The van der Waals surface area contributed by atoms with Crippen LogP contribution in [0.5, 0.6) is 0 Å². The van der Waals surface area contributed by atoms with Gasteiger partial charge in [0.15, 0.2) is 0 Å². The maximum atomic E-state index is 13.2. The Bertz CT molecular complexity index is 519. The van der Waals surface area contributed by atoms with Crippen LogP contribution < -0.4 is 5.32 Å². The number of hydrogen-bond acceptors (Lipinski definition) is 2. The lowest BCUT2D eigenvalue weighted by Crippen LogP contribution is -2.18. The fourth-order valence-electron chi connectivity index (χ4n) is 2.04.